The van der Waals surface area contributed by atoms with E-state index in [1.165, 1.54) is 0 Å². The van der Waals surface area contributed by atoms with Crippen molar-refractivity contribution in [1.29, 1.82) is 0 Å². The van der Waals surface area contributed by atoms with Crippen molar-refractivity contribution in [3.63, 3.8) is 0 Å². The molecule has 13 heavy (non-hydrogen) atoms. The average molecular weight is 187 g/mol. The Hall–Kier alpha value is -0.770. The minimum Gasteiger partial charge on any atom is -0.417 e. The third-order valence-electron chi connectivity index (χ3n) is 1.89. The van der Waals surface area contributed by atoms with E-state index < -0.39 is 11.9 Å². The minimum atomic E-state index is -1.20. The Bertz CT molecular complexity index is 203. The van der Waals surface area contributed by atoms with Gasteiger partial charge < -0.3 is 15.2 Å². The summed E-state index contributed by atoms with van der Waals surface area (Å²) in [5, 5.41) is 12.1. The summed E-state index contributed by atoms with van der Waals surface area (Å²) in [7, 11) is 0. The average Bonchev–Trinajstić information content (AvgIpc) is 1.79. The first-order chi connectivity index (χ1) is 5.81. The van der Waals surface area contributed by atoms with Crippen molar-refractivity contribution < 1.29 is 14.6 Å². The molecule has 0 aliphatic heterocycles. The Kier molecular flexibility index (Phi) is 2.52. The van der Waals surface area contributed by atoms with Crippen LogP contribution in [0.15, 0.2) is 0 Å². The summed E-state index contributed by atoms with van der Waals surface area (Å²) >= 11 is 0. The van der Waals surface area contributed by atoms with Crippen molar-refractivity contribution in [1.82, 2.24) is 5.32 Å². The molecule has 0 aromatic heterocycles. The zero-order valence-electron chi connectivity index (χ0n) is 8.39. The fourth-order valence-electron chi connectivity index (χ4n) is 1.09. The number of ether oxygens (including phenoxy) is 1. The molecule has 2 N–H and O–H groups in total. The quantitative estimate of drug-likeness (QED) is 0.610. The highest BCUT2D eigenvalue weighted by Crippen LogP contribution is 2.32. The standard InChI is InChI=1S/C9H17NO3/c1-8(2,3)10-7(11)13-9(12)5-4-6-9/h12H,4-6H2,1-3H3,(H,10,11). The minimum absolute atomic E-state index is 0.322. The van der Waals surface area contributed by atoms with Crippen LogP contribution in [0.4, 0.5) is 4.79 Å². The number of rotatable bonds is 1. The molecule has 1 aliphatic carbocycles. The van der Waals surface area contributed by atoms with Crippen LogP contribution >= 0.6 is 0 Å². The Balaban J connectivity index is 2.33. The van der Waals surface area contributed by atoms with E-state index in [-0.39, 0.29) is 5.54 Å². The van der Waals surface area contributed by atoms with E-state index in [2.05, 4.69) is 5.32 Å². The fraction of sp³-hybridized carbons (Fsp3) is 0.889. The zero-order chi connectivity index (χ0) is 10.1. The molecular formula is C9H17NO3. The van der Waals surface area contributed by atoms with E-state index in [0.717, 1.165) is 6.42 Å². The first-order valence-corrected chi connectivity index (χ1v) is 4.54. The van der Waals surface area contributed by atoms with E-state index in [9.17, 15) is 9.90 Å². The summed E-state index contributed by atoms with van der Waals surface area (Å²) < 4.78 is 4.86. The third kappa shape index (κ3) is 3.22. The van der Waals surface area contributed by atoms with Gasteiger partial charge in [-0.3, -0.25) is 0 Å². The van der Waals surface area contributed by atoms with Crippen LogP contribution in [-0.2, 0) is 4.74 Å². The molecule has 0 saturated heterocycles. The summed E-state index contributed by atoms with van der Waals surface area (Å²) in [5.41, 5.74) is -0.322. The lowest BCUT2D eigenvalue weighted by Crippen LogP contribution is -2.48. The molecule has 0 aromatic carbocycles. The maximum Gasteiger partial charge on any atom is 0.410 e. The molecule has 1 fully saturated rings. The van der Waals surface area contributed by atoms with Gasteiger partial charge in [-0.15, -0.1) is 0 Å². The summed E-state index contributed by atoms with van der Waals surface area (Å²) in [6, 6.07) is 0. The number of hydrogen-bond donors (Lipinski definition) is 2. The predicted octanol–water partition coefficient (Wildman–Crippen LogP) is 1.38. The molecule has 0 unspecified atom stereocenters. The molecule has 0 aromatic rings. The van der Waals surface area contributed by atoms with Crippen molar-refractivity contribution in [2.75, 3.05) is 0 Å². The summed E-state index contributed by atoms with van der Waals surface area (Å²) in [6.07, 6.45) is 1.46. The highest BCUT2D eigenvalue weighted by molar-refractivity contribution is 5.68. The lowest BCUT2D eigenvalue weighted by atomic mass is 9.92. The maximum absolute atomic E-state index is 11.2. The molecule has 0 radical (unpaired) electrons. The molecule has 0 heterocycles. The van der Waals surface area contributed by atoms with Crippen LogP contribution in [-0.4, -0.2) is 22.5 Å². The molecular weight excluding hydrogens is 170 g/mol. The largest absolute Gasteiger partial charge is 0.417 e. The molecule has 0 atom stereocenters. The second-order valence-electron chi connectivity index (χ2n) is 4.56. The number of nitrogens with one attached hydrogen (secondary N) is 1. The zero-order valence-corrected chi connectivity index (χ0v) is 8.39. The molecule has 1 aliphatic rings. The number of hydrogen-bond acceptors (Lipinski definition) is 3. The van der Waals surface area contributed by atoms with Gasteiger partial charge in [-0.25, -0.2) is 4.79 Å². The van der Waals surface area contributed by atoms with Gasteiger partial charge in [0.05, 0.1) is 0 Å². The predicted molar refractivity (Wildman–Crippen MR) is 48.2 cm³/mol. The van der Waals surface area contributed by atoms with Crippen LogP contribution < -0.4 is 5.32 Å². The van der Waals surface area contributed by atoms with Gasteiger partial charge in [0, 0.05) is 18.4 Å². The highest BCUT2D eigenvalue weighted by Gasteiger charge is 2.39. The topological polar surface area (TPSA) is 58.6 Å². The lowest BCUT2D eigenvalue weighted by Gasteiger charge is -2.36. The second-order valence-corrected chi connectivity index (χ2v) is 4.56. The van der Waals surface area contributed by atoms with Gasteiger partial charge in [-0.2, -0.15) is 0 Å². The van der Waals surface area contributed by atoms with Crippen molar-refractivity contribution in [2.24, 2.45) is 0 Å². The number of amides is 1. The molecule has 1 amide bonds. The van der Waals surface area contributed by atoms with Crippen molar-refractivity contribution >= 4 is 6.09 Å². The molecule has 0 bridgehead atoms. The van der Waals surface area contributed by atoms with Gasteiger partial charge >= 0.3 is 6.09 Å². The van der Waals surface area contributed by atoms with Gasteiger partial charge in [-0.05, 0) is 27.2 Å². The first kappa shape index (κ1) is 10.3. The molecule has 4 heteroatoms. The van der Waals surface area contributed by atoms with Crippen LogP contribution in [0.1, 0.15) is 40.0 Å². The van der Waals surface area contributed by atoms with Crippen LogP contribution in [0, 0.1) is 0 Å². The Morgan fingerprint density at radius 2 is 2.00 bits per heavy atom. The van der Waals surface area contributed by atoms with Crippen molar-refractivity contribution in [2.45, 2.75) is 51.4 Å². The van der Waals surface area contributed by atoms with E-state index >= 15 is 0 Å². The molecule has 1 rings (SSSR count). The maximum atomic E-state index is 11.2. The van der Waals surface area contributed by atoms with E-state index in [4.69, 9.17) is 4.74 Å². The van der Waals surface area contributed by atoms with Gasteiger partial charge in [0.1, 0.15) is 0 Å². The van der Waals surface area contributed by atoms with Crippen LogP contribution in [0.2, 0.25) is 0 Å². The fourth-order valence-corrected chi connectivity index (χ4v) is 1.09. The van der Waals surface area contributed by atoms with Crippen molar-refractivity contribution in [3.8, 4) is 0 Å². The van der Waals surface area contributed by atoms with Crippen LogP contribution in [0.25, 0.3) is 0 Å². The smallest absolute Gasteiger partial charge is 0.410 e. The van der Waals surface area contributed by atoms with Crippen molar-refractivity contribution in [3.05, 3.63) is 0 Å². The molecule has 1 saturated carbocycles. The number of carbonyl (C=O) groups excluding carboxylic acids is 1. The lowest BCUT2D eigenvalue weighted by molar-refractivity contribution is -0.210. The third-order valence-corrected chi connectivity index (χ3v) is 1.89. The SMILES string of the molecule is CC(C)(C)NC(=O)OC1(O)CCC1. The van der Waals surface area contributed by atoms with Crippen LogP contribution in [0.5, 0.6) is 0 Å². The Morgan fingerprint density at radius 3 is 2.31 bits per heavy atom. The van der Waals surface area contributed by atoms with E-state index in [0.29, 0.717) is 12.8 Å². The molecule has 76 valence electrons. The van der Waals surface area contributed by atoms with Gasteiger partial charge in [0.2, 0.25) is 5.79 Å². The van der Waals surface area contributed by atoms with Gasteiger partial charge in [-0.1, -0.05) is 0 Å². The second kappa shape index (κ2) is 3.18. The van der Waals surface area contributed by atoms with Gasteiger partial charge in [0.15, 0.2) is 0 Å². The molecule has 4 nitrogen and oxygen atoms in total. The van der Waals surface area contributed by atoms with Gasteiger partial charge in [0.25, 0.3) is 0 Å². The highest BCUT2D eigenvalue weighted by atomic mass is 16.7. The normalized spacial score (nSPS) is 20.3. The summed E-state index contributed by atoms with van der Waals surface area (Å²) in [6.45, 7) is 5.58. The molecule has 0 spiro atoms. The van der Waals surface area contributed by atoms with E-state index in [1.807, 2.05) is 20.8 Å². The summed E-state index contributed by atoms with van der Waals surface area (Å²) in [5.74, 6) is -1.20. The Morgan fingerprint density at radius 1 is 1.46 bits per heavy atom. The number of alkyl carbamates (subject to hydrolysis) is 1. The Labute approximate surface area is 78.3 Å². The van der Waals surface area contributed by atoms with Crippen LogP contribution in [0.3, 0.4) is 0 Å². The first-order valence-electron chi connectivity index (χ1n) is 4.54. The number of carbonyl (C=O) groups is 1. The monoisotopic (exact) mass is 187 g/mol. The summed E-state index contributed by atoms with van der Waals surface area (Å²) in [4.78, 5) is 11.2. The number of aliphatic hydroxyl groups is 1. The van der Waals surface area contributed by atoms with E-state index in [1.54, 1.807) is 0 Å².